The average Bonchev–Trinajstić information content (AvgIpc) is 2.77. The zero-order chi connectivity index (χ0) is 23.1. The maximum Gasteiger partial charge on any atom is 0.264 e. The molecule has 1 aliphatic rings. The van der Waals surface area contributed by atoms with E-state index in [4.69, 9.17) is 21.7 Å². The van der Waals surface area contributed by atoms with Gasteiger partial charge >= 0.3 is 0 Å². The van der Waals surface area contributed by atoms with Crippen LogP contribution >= 0.6 is 12.2 Å². The quantitative estimate of drug-likeness (QED) is 0.650. The molecule has 0 aromatic heterocycles. The molecule has 0 bridgehead atoms. The fourth-order valence-electron chi connectivity index (χ4n) is 3.39. The highest BCUT2D eigenvalue weighted by Crippen LogP contribution is 2.27. The summed E-state index contributed by atoms with van der Waals surface area (Å²) in [6, 6.07) is 13.0. The van der Waals surface area contributed by atoms with Crippen molar-refractivity contribution in [1.82, 2.24) is 10.2 Å². The van der Waals surface area contributed by atoms with Crippen molar-refractivity contribution in [3.8, 4) is 5.75 Å². The summed E-state index contributed by atoms with van der Waals surface area (Å²) in [5.41, 5.74) is 3.28. The normalized spacial score (nSPS) is 13.6. The first kappa shape index (κ1) is 23.7. The van der Waals surface area contributed by atoms with Crippen LogP contribution in [-0.4, -0.2) is 54.7 Å². The molecule has 2 aromatic carbocycles. The van der Waals surface area contributed by atoms with E-state index < -0.39 is 0 Å². The molecule has 1 heterocycles. The van der Waals surface area contributed by atoms with Gasteiger partial charge in [-0.2, -0.15) is 0 Å². The average molecular weight is 456 g/mol. The van der Waals surface area contributed by atoms with Gasteiger partial charge in [-0.1, -0.05) is 32.0 Å². The summed E-state index contributed by atoms with van der Waals surface area (Å²) in [6.07, 6.45) is 0. The van der Waals surface area contributed by atoms with Crippen LogP contribution in [-0.2, 0) is 9.53 Å². The summed E-state index contributed by atoms with van der Waals surface area (Å²) in [6.45, 7) is 8.22. The minimum atomic E-state index is -0.362. The summed E-state index contributed by atoms with van der Waals surface area (Å²) in [5, 5.41) is 5.72. The summed E-state index contributed by atoms with van der Waals surface area (Å²) in [4.78, 5) is 26.7. The zero-order valence-electron chi connectivity index (χ0n) is 18.6. The van der Waals surface area contributed by atoms with E-state index in [2.05, 4.69) is 24.5 Å². The van der Waals surface area contributed by atoms with E-state index in [1.165, 1.54) is 0 Å². The maximum absolute atomic E-state index is 12.7. The second-order valence-electron chi connectivity index (χ2n) is 7.97. The standard InChI is InChI=1S/C24H29N3O4S/c1-16(2)20-8-7-17(3)13-21(20)31-15-22(28)26-24(32)25-19-6-4-5-18(14-19)23(29)27-9-11-30-12-10-27/h4-8,13-14,16H,9-12,15H2,1-3H3,(H2,25,26,28,32). The number of ether oxygens (including phenoxy) is 2. The lowest BCUT2D eigenvalue weighted by Crippen LogP contribution is -2.40. The Morgan fingerprint density at radius 2 is 1.91 bits per heavy atom. The van der Waals surface area contributed by atoms with Crippen LogP contribution in [0.3, 0.4) is 0 Å². The number of carbonyl (C=O) groups is 2. The molecule has 0 radical (unpaired) electrons. The van der Waals surface area contributed by atoms with Crippen molar-refractivity contribution in [2.24, 2.45) is 0 Å². The molecule has 0 saturated carbocycles. The molecule has 0 aliphatic carbocycles. The molecule has 0 atom stereocenters. The molecule has 1 aliphatic heterocycles. The molecule has 3 rings (SSSR count). The highest BCUT2D eigenvalue weighted by atomic mass is 32.1. The molecule has 2 amide bonds. The number of nitrogens with zero attached hydrogens (tertiary/aromatic N) is 1. The smallest absolute Gasteiger partial charge is 0.264 e. The predicted molar refractivity (Wildman–Crippen MR) is 128 cm³/mol. The topological polar surface area (TPSA) is 79.9 Å². The molecule has 8 heteroatoms. The van der Waals surface area contributed by atoms with E-state index in [9.17, 15) is 9.59 Å². The first-order valence-corrected chi connectivity index (χ1v) is 11.1. The molecule has 2 N–H and O–H groups in total. The van der Waals surface area contributed by atoms with E-state index in [0.717, 1.165) is 11.1 Å². The van der Waals surface area contributed by atoms with Crippen LogP contribution in [0.2, 0.25) is 0 Å². The molecule has 1 saturated heterocycles. The van der Waals surface area contributed by atoms with E-state index >= 15 is 0 Å². The monoisotopic (exact) mass is 455 g/mol. The number of aryl methyl sites for hydroxylation is 1. The third kappa shape index (κ3) is 6.51. The summed E-state index contributed by atoms with van der Waals surface area (Å²) < 4.78 is 11.0. The number of anilines is 1. The van der Waals surface area contributed by atoms with Gasteiger partial charge in [0.1, 0.15) is 5.75 Å². The van der Waals surface area contributed by atoms with Crippen molar-refractivity contribution in [1.29, 1.82) is 0 Å². The van der Waals surface area contributed by atoms with Crippen molar-refractivity contribution in [2.45, 2.75) is 26.7 Å². The third-order valence-corrected chi connectivity index (χ3v) is 5.27. The van der Waals surface area contributed by atoms with Crippen molar-refractivity contribution in [3.05, 3.63) is 59.2 Å². The Hall–Kier alpha value is -2.97. The highest BCUT2D eigenvalue weighted by molar-refractivity contribution is 7.80. The minimum absolute atomic E-state index is 0.0561. The van der Waals surface area contributed by atoms with Crippen LogP contribution in [0.1, 0.15) is 41.3 Å². The van der Waals surface area contributed by atoms with Crippen LogP contribution in [0.25, 0.3) is 0 Å². The summed E-state index contributed by atoms with van der Waals surface area (Å²) in [5.74, 6) is 0.561. The number of hydrogen-bond acceptors (Lipinski definition) is 5. The Bertz CT molecular complexity index is 987. The fourth-order valence-corrected chi connectivity index (χ4v) is 3.62. The summed E-state index contributed by atoms with van der Waals surface area (Å²) in [7, 11) is 0. The minimum Gasteiger partial charge on any atom is -0.483 e. The van der Waals surface area contributed by atoms with Crippen molar-refractivity contribution in [2.75, 3.05) is 38.2 Å². The molecule has 0 spiro atoms. The number of rotatable bonds is 6. The Balaban J connectivity index is 1.54. The number of hydrogen-bond donors (Lipinski definition) is 2. The Kier molecular flexibility index (Phi) is 8.19. The van der Waals surface area contributed by atoms with Crippen LogP contribution in [0.4, 0.5) is 5.69 Å². The number of benzene rings is 2. The molecule has 1 fully saturated rings. The number of thiocarbonyl (C=S) groups is 1. The Morgan fingerprint density at radius 3 is 2.62 bits per heavy atom. The predicted octanol–water partition coefficient (Wildman–Crippen LogP) is 3.48. The van der Waals surface area contributed by atoms with Crippen LogP contribution in [0.15, 0.2) is 42.5 Å². The van der Waals surface area contributed by atoms with Crippen molar-refractivity contribution >= 4 is 34.8 Å². The van der Waals surface area contributed by atoms with E-state index in [1.54, 1.807) is 29.2 Å². The maximum atomic E-state index is 12.7. The van der Waals surface area contributed by atoms with Gasteiger partial charge in [-0.25, -0.2) is 0 Å². The SMILES string of the molecule is Cc1ccc(C(C)C)c(OCC(=O)NC(=S)Nc2cccc(C(=O)N3CCOCC3)c2)c1. The molecule has 170 valence electrons. The van der Waals surface area contributed by atoms with Crippen LogP contribution in [0.5, 0.6) is 5.75 Å². The van der Waals surface area contributed by atoms with Gasteiger partial charge in [-0.05, 0) is 60.5 Å². The van der Waals surface area contributed by atoms with Gasteiger partial charge in [-0.15, -0.1) is 0 Å². The third-order valence-electron chi connectivity index (χ3n) is 5.07. The lowest BCUT2D eigenvalue weighted by Gasteiger charge is -2.27. The summed E-state index contributed by atoms with van der Waals surface area (Å²) >= 11 is 5.25. The number of amides is 2. The van der Waals surface area contributed by atoms with Gasteiger partial charge in [-0.3, -0.25) is 14.9 Å². The second-order valence-corrected chi connectivity index (χ2v) is 8.38. The first-order chi connectivity index (χ1) is 15.3. The number of nitrogens with one attached hydrogen (secondary N) is 2. The van der Waals surface area contributed by atoms with E-state index in [1.807, 2.05) is 25.1 Å². The second kappa shape index (κ2) is 11.1. The number of morpholine rings is 1. The van der Waals surface area contributed by atoms with Crippen LogP contribution < -0.4 is 15.4 Å². The molecule has 0 unspecified atom stereocenters. The van der Waals surface area contributed by atoms with Crippen LogP contribution in [0, 0.1) is 6.92 Å². The first-order valence-electron chi connectivity index (χ1n) is 10.6. The van der Waals surface area contributed by atoms with Gasteiger partial charge in [0.2, 0.25) is 0 Å². The van der Waals surface area contributed by atoms with Gasteiger partial charge in [0.25, 0.3) is 11.8 Å². The molecular weight excluding hydrogens is 426 g/mol. The van der Waals surface area contributed by atoms with Gasteiger partial charge in [0, 0.05) is 24.3 Å². The lowest BCUT2D eigenvalue weighted by molar-refractivity contribution is -0.121. The van der Waals surface area contributed by atoms with Crippen molar-refractivity contribution < 1.29 is 19.1 Å². The van der Waals surface area contributed by atoms with Gasteiger partial charge in [0.15, 0.2) is 11.7 Å². The number of carbonyl (C=O) groups excluding carboxylic acids is 2. The van der Waals surface area contributed by atoms with E-state index in [-0.39, 0.29) is 29.5 Å². The highest BCUT2D eigenvalue weighted by Gasteiger charge is 2.19. The largest absolute Gasteiger partial charge is 0.483 e. The Labute approximate surface area is 194 Å². The molecular formula is C24H29N3O4S. The van der Waals surface area contributed by atoms with Gasteiger partial charge < -0.3 is 19.7 Å². The zero-order valence-corrected chi connectivity index (χ0v) is 19.5. The van der Waals surface area contributed by atoms with Crippen molar-refractivity contribution in [3.63, 3.8) is 0 Å². The van der Waals surface area contributed by atoms with E-state index in [0.29, 0.717) is 43.3 Å². The molecule has 7 nitrogen and oxygen atoms in total. The fraction of sp³-hybridized carbons (Fsp3) is 0.375. The lowest BCUT2D eigenvalue weighted by atomic mass is 10.0. The molecule has 2 aromatic rings. The van der Waals surface area contributed by atoms with Gasteiger partial charge in [0.05, 0.1) is 13.2 Å². The molecule has 32 heavy (non-hydrogen) atoms. The Morgan fingerprint density at radius 1 is 1.16 bits per heavy atom.